The number of benzene rings is 1. The third-order valence-electron chi connectivity index (χ3n) is 1.72. The second kappa shape index (κ2) is 5.80. The summed E-state index contributed by atoms with van der Waals surface area (Å²) in [6, 6.07) is 0. The topological polar surface area (TPSA) is 37.3 Å². The number of hydrogen-bond acceptors (Lipinski definition) is 1. The molecule has 1 aromatic rings. The maximum Gasteiger partial charge on any atom is 0.337 e. The third-order valence-corrected chi connectivity index (χ3v) is 8.18. The lowest BCUT2D eigenvalue weighted by Gasteiger charge is -2.11. The maximum atomic E-state index is 11.1. The molecule has 6 heteroatoms. The van der Waals surface area contributed by atoms with Gasteiger partial charge in [-0.05, 0) is 90.4 Å². The number of carbonyl (C=O) groups is 1. The summed E-state index contributed by atoms with van der Waals surface area (Å²) in [5, 5.41) is 9.12. The van der Waals surface area contributed by atoms with E-state index in [1.54, 1.807) is 6.08 Å². The van der Waals surface area contributed by atoms with Gasteiger partial charge in [-0.3, -0.25) is 0 Å². The van der Waals surface area contributed by atoms with Gasteiger partial charge in [0.1, 0.15) is 0 Å². The summed E-state index contributed by atoms with van der Waals surface area (Å²) in [6.07, 6.45) is 1.76. The van der Waals surface area contributed by atoms with Crippen LogP contribution in [0.3, 0.4) is 0 Å². The van der Waals surface area contributed by atoms with Crippen molar-refractivity contribution < 1.29 is 9.90 Å². The van der Waals surface area contributed by atoms with E-state index in [1.807, 2.05) is 0 Å². The van der Waals surface area contributed by atoms with Crippen LogP contribution in [0, 0.1) is 14.3 Å². The molecule has 0 saturated carbocycles. The van der Waals surface area contributed by atoms with Crippen molar-refractivity contribution in [1.82, 2.24) is 0 Å². The number of carboxylic acid groups (broad SMARTS) is 1. The van der Waals surface area contributed by atoms with Gasteiger partial charge in [-0.15, -0.1) is 0 Å². The fraction of sp³-hybridized carbons (Fsp3) is 0. The van der Waals surface area contributed by atoms with Crippen molar-refractivity contribution in [2.75, 3.05) is 0 Å². The van der Waals surface area contributed by atoms with Gasteiger partial charge < -0.3 is 5.11 Å². The molecule has 0 aromatic heterocycles. The predicted octanol–water partition coefficient (Wildman–Crippen LogP) is 4.45. The van der Waals surface area contributed by atoms with Crippen LogP contribution in [0.15, 0.2) is 6.58 Å². The Morgan fingerprint density at radius 3 is 1.73 bits per heavy atom. The smallest absolute Gasteiger partial charge is 0.337 e. The van der Waals surface area contributed by atoms with Gasteiger partial charge in [-0.2, -0.15) is 0 Å². The van der Waals surface area contributed by atoms with E-state index in [-0.39, 0.29) is 0 Å². The summed E-state index contributed by atoms with van der Waals surface area (Å²) in [5.41, 5.74) is 1.39. The van der Waals surface area contributed by atoms with Crippen LogP contribution in [0.4, 0.5) is 0 Å². The minimum Gasteiger partial charge on any atom is -0.478 e. The van der Waals surface area contributed by atoms with Crippen LogP contribution in [0.2, 0.25) is 0 Å². The molecule has 0 spiro atoms. The fourth-order valence-electron chi connectivity index (χ4n) is 1.02. The fourth-order valence-corrected chi connectivity index (χ4v) is 5.15. The number of aromatic carboxylic acids is 1. The molecule has 0 saturated heterocycles. The van der Waals surface area contributed by atoms with E-state index < -0.39 is 5.97 Å². The van der Waals surface area contributed by atoms with Crippen molar-refractivity contribution >= 4 is 102 Å². The van der Waals surface area contributed by atoms with Crippen LogP contribution in [0.1, 0.15) is 15.9 Å². The molecule has 0 bridgehead atoms. The molecule has 1 rings (SSSR count). The van der Waals surface area contributed by atoms with Gasteiger partial charge in [0.05, 0.1) is 5.56 Å². The number of rotatable bonds is 2. The minimum atomic E-state index is -0.879. The Hall–Kier alpha value is 1.35. The zero-order valence-corrected chi connectivity index (χ0v) is 15.8. The molecule has 15 heavy (non-hydrogen) atoms. The minimum absolute atomic E-state index is 0.385. The second-order valence-corrected chi connectivity index (χ2v) is 6.87. The van der Waals surface area contributed by atoms with E-state index in [0.717, 1.165) is 19.8 Å². The third kappa shape index (κ3) is 2.78. The molecule has 0 heterocycles. The lowest BCUT2D eigenvalue weighted by atomic mass is 10.1. The average Bonchev–Trinajstić information content (AvgIpc) is 2.16. The van der Waals surface area contributed by atoms with Gasteiger partial charge in [-0.1, -0.05) is 12.7 Å². The number of carboxylic acids is 1. The largest absolute Gasteiger partial charge is 0.478 e. The first-order chi connectivity index (χ1) is 6.91. The first-order valence-corrected chi connectivity index (χ1v) is 7.95. The van der Waals surface area contributed by atoms with E-state index in [9.17, 15) is 4.79 Å². The van der Waals surface area contributed by atoms with Gasteiger partial charge in [-0.25, -0.2) is 4.79 Å². The first-order valence-electron chi connectivity index (χ1n) is 3.63. The van der Waals surface area contributed by atoms with Crippen molar-refractivity contribution in [1.29, 1.82) is 0 Å². The SMILES string of the molecule is C=Cc1c(I)c(I)c(C(=O)O)c(I)c1I. The molecule has 2 nitrogen and oxygen atoms in total. The zero-order valence-electron chi connectivity index (χ0n) is 7.15. The second-order valence-electron chi connectivity index (χ2n) is 2.55. The molecule has 1 aromatic carbocycles. The number of halogens is 4. The molecule has 0 aliphatic carbocycles. The molecule has 0 unspecified atom stereocenters. The van der Waals surface area contributed by atoms with Crippen molar-refractivity contribution in [3.63, 3.8) is 0 Å². The zero-order chi connectivity index (χ0) is 11.7. The van der Waals surface area contributed by atoms with Gasteiger partial charge >= 0.3 is 5.97 Å². The molecule has 0 radical (unpaired) electrons. The van der Waals surface area contributed by atoms with E-state index in [4.69, 9.17) is 5.11 Å². The number of hydrogen-bond donors (Lipinski definition) is 1. The molecule has 0 aliphatic heterocycles. The Bertz CT molecular complexity index is 425. The van der Waals surface area contributed by atoms with E-state index >= 15 is 0 Å². The molecule has 0 aliphatic rings. The Morgan fingerprint density at radius 1 is 1.07 bits per heavy atom. The van der Waals surface area contributed by atoms with Gasteiger partial charge in [0, 0.05) is 19.8 Å². The van der Waals surface area contributed by atoms with Crippen LogP contribution in [-0.2, 0) is 0 Å². The lowest BCUT2D eigenvalue weighted by molar-refractivity contribution is 0.0694. The molecule has 80 valence electrons. The van der Waals surface area contributed by atoms with Crippen molar-refractivity contribution in [2.45, 2.75) is 0 Å². The highest BCUT2D eigenvalue weighted by atomic mass is 127. The van der Waals surface area contributed by atoms with Crippen molar-refractivity contribution in [3.8, 4) is 0 Å². The normalized spacial score (nSPS) is 10.1. The maximum absolute atomic E-state index is 11.1. The Balaban J connectivity index is 3.74. The summed E-state index contributed by atoms with van der Waals surface area (Å²) < 4.78 is 3.46. The van der Waals surface area contributed by atoms with Crippen LogP contribution in [0.25, 0.3) is 6.08 Å². The standard InChI is InChI=1S/C9H4I4O2/c1-2-3-5(10)7(12)4(9(14)15)8(13)6(3)11/h2H,1H2,(H,14,15). The van der Waals surface area contributed by atoms with Crippen LogP contribution < -0.4 is 0 Å². The van der Waals surface area contributed by atoms with E-state index in [0.29, 0.717) is 5.56 Å². The van der Waals surface area contributed by atoms with E-state index in [2.05, 4.69) is 96.9 Å². The monoisotopic (exact) mass is 652 g/mol. The van der Waals surface area contributed by atoms with Gasteiger partial charge in [0.2, 0.25) is 0 Å². The van der Waals surface area contributed by atoms with Crippen LogP contribution in [-0.4, -0.2) is 11.1 Å². The van der Waals surface area contributed by atoms with Crippen LogP contribution in [0.5, 0.6) is 0 Å². The lowest BCUT2D eigenvalue weighted by Crippen LogP contribution is -2.08. The molecule has 0 fully saturated rings. The highest BCUT2D eigenvalue weighted by Crippen LogP contribution is 2.33. The van der Waals surface area contributed by atoms with Crippen molar-refractivity contribution in [3.05, 3.63) is 32.0 Å². The molecular weight excluding hydrogens is 648 g/mol. The predicted molar refractivity (Wildman–Crippen MR) is 94.4 cm³/mol. The highest BCUT2D eigenvalue weighted by Gasteiger charge is 2.21. The Labute approximate surface area is 142 Å². The molecule has 0 atom stereocenters. The van der Waals surface area contributed by atoms with Crippen molar-refractivity contribution in [2.24, 2.45) is 0 Å². The first kappa shape index (κ1) is 14.4. The highest BCUT2D eigenvalue weighted by molar-refractivity contribution is 14.1. The Kier molecular flexibility index (Phi) is 5.57. The summed E-state index contributed by atoms with van der Waals surface area (Å²) in [4.78, 5) is 11.1. The summed E-state index contributed by atoms with van der Waals surface area (Å²) in [7, 11) is 0. The summed E-state index contributed by atoms with van der Waals surface area (Å²) in [5.74, 6) is -0.879. The average molecular weight is 652 g/mol. The van der Waals surface area contributed by atoms with Gasteiger partial charge in [0.15, 0.2) is 0 Å². The summed E-state index contributed by atoms with van der Waals surface area (Å²) in [6.45, 7) is 3.75. The molecule has 0 amide bonds. The quantitative estimate of drug-likeness (QED) is 0.380. The van der Waals surface area contributed by atoms with Crippen LogP contribution >= 0.6 is 90.4 Å². The molecular formula is C9H4I4O2. The summed E-state index contributed by atoms with van der Waals surface area (Å²) >= 11 is 8.45. The van der Waals surface area contributed by atoms with Gasteiger partial charge in [0.25, 0.3) is 0 Å². The van der Waals surface area contributed by atoms with E-state index in [1.165, 1.54) is 0 Å². The Morgan fingerprint density at radius 2 is 1.47 bits per heavy atom. The molecule has 1 N–H and O–H groups in total.